The summed E-state index contributed by atoms with van der Waals surface area (Å²) in [7, 11) is 6.86. The molecule has 0 aliphatic heterocycles. The van der Waals surface area contributed by atoms with E-state index in [1.165, 1.54) is 54.9 Å². The van der Waals surface area contributed by atoms with E-state index in [4.69, 9.17) is 18.9 Å². The summed E-state index contributed by atoms with van der Waals surface area (Å²) in [5.41, 5.74) is 13.8. The summed E-state index contributed by atoms with van der Waals surface area (Å²) < 4.78 is 27.4. The highest BCUT2D eigenvalue weighted by Crippen LogP contribution is 2.41. The molecule has 0 N–H and O–H groups in total. The van der Waals surface area contributed by atoms with E-state index in [1.54, 1.807) is 28.4 Å². The predicted octanol–water partition coefficient (Wildman–Crippen LogP) is 10.8. The zero-order valence-corrected chi connectivity index (χ0v) is 29.8. The molecule has 0 spiro atoms. The molecule has 6 aromatic carbocycles. The molecule has 0 radical (unpaired) electrons. The van der Waals surface area contributed by atoms with Crippen LogP contribution in [0.25, 0.3) is 66.1 Å². The van der Waals surface area contributed by atoms with Crippen molar-refractivity contribution in [3.05, 3.63) is 119 Å². The van der Waals surface area contributed by atoms with Crippen molar-refractivity contribution in [2.75, 3.05) is 28.4 Å². The van der Waals surface area contributed by atoms with Gasteiger partial charge in [0.2, 0.25) is 0 Å². The largest absolute Gasteiger partial charge is 0.497 e. The van der Waals surface area contributed by atoms with Crippen molar-refractivity contribution >= 4 is 43.6 Å². The van der Waals surface area contributed by atoms with Gasteiger partial charge >= 0.3 is 0 Å². The topological polar surface area (TPSA) is 46.8 Å². The number of nitrogens with zero attached hydrogens (tertiary/aromatic N) is 2. The van der Waals surface area contributed by atoms with Gasteiger partial charge in [0.05, 0.1) is 61.9 Å². The van der Waals surface area contributed by atoms with Crippen LogP contribution < -0.4 is 18.9 Å². The molecule has 0 unspecified atom stereocenters. The summed E-state index contributed by atoms with van der Waals surface area (Å²) in [5.74, 6) is 3.30. The fourth-order valence-electron chi connectivity index (χ4n) is 7.90. The average molecular weight is 661 g/mol. The molecule has 0 atom stereocenters. The first-order valence-corrected chi connectivity index (χ1v) is 16.8. The second kappa shape index (κ2) is 11.9. The van der Waals surface area contributed by atoms with Gasteiger partial charge in [0, 0.05) is 45.8 Å². The Morgan fingerprint density at radius 1 is 0.340 bits per heavy atom. The molecule has 50 heavy (non-hydrogen) atoms. The van der Waals surface area contributed by atoms with Crippen LogP contribution >= 0.6 is 0 Å². The summed E-state index contributed by atoms with van der Waals surface area (Å²) >= 11 is 0. The molecule has 0 saturated heterocycles. The highest BCUT2D eigenvalue weighted by Gasteiger charge is 2.20. The molecule has 0 amide bonds. The third-order valence-corrected chi connectivity index (χ3v) is 10.1. The summed E-state index contributed by atoms with van der Waals surface area (Å²) in [6.07, 6.45) is 0. The Bertz CT molecular complexity index is 2290. The van der Waals surface area contributed by atoms with Crippen molar-refractivity contribution in [1.29, 1.82) is 0 Å². The molecular formula is C44H40N2O4. The standard InChI is InChI=1S/C44H40N2O4/c1-25-17-29(18-26(2)43(25)45-39-21-31(47-5)9-13-35(39)36-14-10-32(48-6)22-40(36)45)30-19-27(3)44(28(4)20-30)46-41-23-33(49-7)11-15-37(41)38-16-12-34(50-8)24-42(38)46/h9-24H,1-8H3. The van der Waals surface area contributed by atoms with Gasteiger partial charge in [-0.3, -0.25) is 0 Å². The maximum Gasteiger partial charge on any atom is 0.120 e. The van der Waals surface area contributed by atoms with E-state index in [0.29, 0.717) is 0 Å². The van der Waals surface area contributed by atoms with E-state index in [1.807, 2.05) is 24.3 Å². The highest BCUT2D eigenvalue weighted by molar-refractivity contribution is 6.11. The lowest BCUT2D eigenvalue weighted by Gasteiger charge is -2.19. The van der Waals surface area contributed by atoms with E-state index in [9.17, 15) is 0 Å². The van der Waals surface area contributed by atoms with Crippen molar-refractivity contribution in [2.24, 2.45) is 0 Å². The van der Waals surface area contributed by atoms with E-state index < -0.39 is 0 Å². The van der Waals surface area contributed by atoms with E-state index in [2.05, 4.69) is 110 Å². The zero-order valence-electron chi connectivity index (χ0n) is 29.8. The number of aromatic nitrogens is 2. The van der Waals surface area contributed by atoms with Gasteiger partial charge in [-0.05, 0) is 134 Å². The second-order valence-corrected chi connectivity index (χ2v) is 13.1. The molecule has 2 aromatic heterocycles. The highest BCUT2D eigenvalue weighted by atomic mass is 16.5. The van der Waals surface area contributed by atoms with Crippen molar-refractivity contribution in [3.63, 3.8) is 0 Å². The molecule has 250 valence electrons. The molecule has 0 saturated carbocycles. The van der Waals surface area contributed by atoms with Crippen LogP contribution in [-0.2, 0) is 0 Å². The van der Waals surface area contributed by atoms with Crippen LogP contribution in [0.3, 0.4) is 0 Å². The minimum absolute atomic E-state index is 0.826. The number of ether oxygens (including phenoxy) is 4. The van der Waals surface area contributed by atoms with Crippen LogP contribution in [-0.4, -0.2) is 37.6 Å². The first kappa shape index (κ1) is 31.4. The van der Waals surface area contributed by atoms with Crippen LogP contribution in [0, 0.1) is 27.7 Å². The van der Waals surface area contributed by atoms with Gasteiger partial charge in [-0.15, -0.1) is 0 Å². The predicted molar refractivity (Wildman–Crippen MR) is 206 cm³/mol. The number of rotatable bonds is 7. The maximum atomic E-state index is 5.67. The first-order chi connectivity index (χ1) is 24.2. The number of hydrogen-bond donors (Lipinski definition) is 0. The third-order valence-electron chi connectivity index (χ3n) is 10.1. The van der Waals surface area contributed by atoms with Crippen LogP contribution in [0.4, 0.5) is 0 Å². The third kappa shape index (κ3) is 4.78. The quantitative estimate of drug-likeness (QED) is 0.171. The summed E-state index contributed by atoms with van der Waals surface area (Å²) in [4.78, 5) is 0. The minimum atomic E-state index is 0.826. The fraction of sp³-hybridized carbons (Fsp3) is 0.182. The van der Waals surface area contributed by atoms with Crippen molar-refractivity contribution in [1.82, 2.24) is 9.13 Å². The van der Waals surface area contributed by atoms with Crippen LogP contribution in [0.15, 0.2) is 97.1 Å². The molecule has 0 bridgehead atoms. The Morgan fingerprint density at radius 3 is 0.800 bits per heavy atom. The van der Waals surface area contributed by atoms with Gasteiger partial charge in [-0.25, -0.2) is 0 Å². The lowest BCUT2D eigenvalue weighted by molar-refractivity contribution is 0.415. The number of fused-ring (bicyclic) bond motifs is 6. The monoisotopic (exact) mass is 660 g/mol. The molecular weight excluding hydrogens is 620 g/mol. The number of methoxy groups -OCH3 is 4. The second-order valence-electron chi connectivity index (χ2n) is 13.1. The average Bonchev–Trinajstić information content (AvgIpc) is 3.61. The van der Waals surface area contributed by atoms with Crippen molar-refractivity contribution in [2.45, 2.75) is 27.7 Å². The van der Waals surface area contributed by atoms with E-state index in [-0.39, 0.29) is 0 Å². The van der Waals surface area contributed by atoms with Gasteiger partial charge in [0.1, 0.15) is 23.0 Å². The SMILES string of the molecule is COc1ccc2c3ccc(OC)cc3n(-c3c(C)cc(-c4cc(C)c(-n5c6cc(OC)ccc6c6ccc(OC)cc65)c(C)c4)cc3C)c2c1. The van der Waals surface area contributed by atoms with Gasteiger partial charge in [-0.1, -0.05) is 0 Å². The smallest absolute Gasteiger partial charge is 0.120 e. The normalized spacial score (nSPS) is 11.6. The molecule has 0 aliphatic rings. The van der Waals surface area contributed by atoms with Gasteiger partial charge in [0.15, 0.2) is 0 Å². The summed E-state index contributed by atoms with van der Waals surface area (Å²) in [6, 6.07) is 34.4. The van der Waals surface area contributed by atoms with Crippen LogP contribution in [0.1, 0.15) is 22.3 Å². The molecule has 8 aromatic rings. The molecule has 2 heterocycles. The maximum absolute atomic E-state index is 5.67. The summed E-state index contributed by atoms with van der Waals surface area (Å²) in [5, 5.41) is 4.70. The number of hydrogen-bond acceptors (Lipinski definition) is 4. The van der Waals surface area contributed by atoms with E-state index in [0.717, 1.165) is 56.4 Å². The summed E-state index contributed by atoms with van der Waals surface area (Å²) in [6.45, 7) is 8.82. The Labute approximate surface area is 292 Å². The Hall–Kier alpha value is -5.88. The van der Waals surface area contributed by atoms with Crippen LogP contribution in [0.5, 0.6) is 23.0 Å². The molecule has 0 fully saturated rings. The molecule has 6 nitrogen and oxygen atoms in total. The Kier molecular flexibility index (Phi) is 7.48. The lowest BCUT2D eigenvalue weighted by Crippen LogP contribution is -2.03. The minimum Gasteiger partial charge on any atom is -0.497 e. The molecule has 0 aliphatic carbocycles. The van der Waals surface area contributed by atoms with Gasteiger partial charge in [-0.2, -0.15) is 0 Å². The first-order valence-electron chi connectivity index (χ1n) is 16.8. The molecule has 8 rings (SSSR count). The van der Waals surface area contributed by atoms with Gasteiger partial charge < -0.3 is 28.1 Å². The zero-order chi connectivity index (χ0) is 34.8. The number of aryl methyl sites for hydroxylation is 4. The van der Waals surface area contributed by atoms with Crippen LogP contribution in [0.2, 0.25) is 0 Å². The molecule has 6 heteroatoms. The van der Waals surface area contributed by atoms with Crippen molar-refractivity contribution < 1.29 is 18.9 Å². The van der Waals surface area contributed by atoms with E-state index >= 15 is 0 Å². The number of benzene rings is 6. The Balaban J connectivity index is 1.31. The van der Waals surface area contributed by atoms with Crippen molar-refractivity contribution in [3.8, 4) is 45.5 Å². The van der Waals surface area contributed by atoms with Gasteiger partial charge in [0.25, 0.3) is 0 Å². The Morgan fingerprint density at radius 2 is 0.580 bits per heavy atom. The lowest BCUT2D eigenvalue weighted by atomic mass is 9.95. The fourth-order valence-corrected chi connectivity index (χ4v) is 7.90.